The minimum Gasteiger partial charge on any atom is -0.366 e. The van der Waals surface area contributed by atoms with Crippen molar-refractivity contribution in [2.75, 3.05) is 19.6 Å². The molecule has 1 atom stereocenters. The third kappa shape index (κ3) is 4.21. The third-order valence-electron chi connectivity index (χ3n) is 4.37. The van der Waals surface area contributed by atoms with Crippen molar-refractivity contribution in [2.45, 2.75) is 19.4 Å². The summed E-state index contributed by atoms with van der Waals surface area (Å²) in [7, 11) is 0. The van der Waals surface area contributed by atoms with Crippen molar-refractivity contribution in [3.05, 3.63) is 57.3 Å². The maximum absolute atomic E-state index is 12.9. The Morgan fingerprint density at radius 1 is 1.32 bits per heavy atom. The molecule has 1 fully saturated rings. The van der Waals surface area contributed by atoms with E-state index >= 15 is 0 Å². The molecule has 3 N–H and O–H groups in total. The number of aryl methyl sites for hydroxylation is 1. The molecule has 1 aromatic carbocycles. The number of thiophene rings is 1. The summed E-state index contributed by atoms with van der Waals surface area (Å²) in [5, 5.41) is 5.00. The highest BCUT2D eigenvalue weighted by molar-refractivity contribution is 7.12. The summed E-state index contributed by atoms with van der Waals surface area (Å²) in [4.78, 5) is 26.6. The van der Waals surface area contributed by atoms with Gasteiger partial charge in [0.25, 0.3) is 5.91 Å². The fourth-order valence-corrected chi connectivity index (χ4v) is 3.79. The van der Waals surface area contributed by atoms with Gasteiger partial charge >= 0.3 is 0 Å². The number of halogens is 1. The highest BCUT2D eigenvalue weighted by atomic mass is 35.5. The molecule has 1 aliphatic heterocycles. The molecule has 2 heterocycles. The van der Waals surface area contributed by atoms with Crippen molar-refractivity contribution >= 4 is 35.6 Å². The number of hydrogen-bond donors (Lipinski definition) is 2. The van der Waals surface area contributed by atoms with Crippen LogP contribution in [-0.2, 0) is 6.42 Å². The first-order valence-corrected chi connectivity index (χ1v) is 8.97. The number of carbonyl (C=O) groups excluding carboxylic acids is 2. The summed E-state index contributed by atoms with van der Waals surface area (Å²) < 4.78 is 0. The first-order valence-electron chi connectivity index (χ1n) is 8.09. The Balaban J connectivity index is 0.00000225. The van der Waals surface area contributed by atoms with Crippen molar-refractivity contribution in [2.24, 2.45) is 5.73 Å². The van der Waals surface area contributed by atoms with E-state index < -0.39 is 5.91 Å². The summed E-state index contributed by atoms with van der Waals surface area (Å²) in [5.41, 5.74) is 8.08. The molecule has 0 spiro atoms. The van der Waals surface area contributed by atoms with Gasteiger partial charge in [0.15, 0.2) is 0 Å². The zero-order valence-electron chi connectivity index (χ0n) is 14.0. The lowest BCUT2D eigenvalue weighted by Crippen LogP contribution is -2.48. The predicted octanol–water partition coefficient (Wildman–Crippen LogP) is 2.62. The second-order valence-corrected chi connectivity index (χ2v) is 6.79. The van der Waals surface area contributed by atoms with Crippen molar-refractivity contribution in [1.82, 2.24) is 10.2 Å². The van der Waals surface area contributed by atoms with E-state index in [0.29, 0.717) is 17.0 Å². The van der Waals surface area contributed by atoms with Crippen LogP contribution in [0.15, 0.2) is 35.7 Å². The second kappa shape index (κ2) is 8.47. The lowest BCUT2D eigenvalue weighted by molar-refractivity contribution is 0.0639. The Labute approximate surface area is 157 Å². The fraction of sp³-hybridized carbons (Fsp3) is 0.333. The van der Waals surface area contributed by atoms with E-state index in [-0.39, 0.29) is 24.4 Å². The molecule has 1 aliphatic rings. The minimum absolute atomic E-state index is 0. The number of hydrogen-bond acceptors (Lipinski definition) is 4. The zero-order chi connectivity index (χ0) is 17.1. The molecular formula is C18H22ClN3O2S. The molecule has 1 aromatic heterocycles. The fourth-order valence-electron chi connectivity index (χ4n) is 2.94. The zero-order valence-corrected chi connectivity index (χ0v) is 15.7. The molecule has 2 aromatic rings. The smallest absolute Gasteiger partial charge is 0.264 e. The number of nitrogens with two attached hydrogens (primary N) is 1. The third-order valence-corrected chi connectivity index (χ3v) is 5.29. The number of rotatable bonds is 4. The summed E-state index contributed by atoms with van der Waals surface area (Å²) in [6.45, 7) is 4.26. The molecule has 2 amide bonds. The van der Waals surface area contributed by atoms with Crippen LogP contribution in [0.25, 0.3) is 0 Å². The molecule has 7 heteroatoms. The Bertz CT molecular complexity index is 745. The summed E-state index contributed by atoms with van der Waals surface area (Å²) in [6.07, 6.45) is 0.997. The topological polar surface area (TPSA) is 75.4 Å². The van der Waals surface area contributed by atoms with Gasteiger partial charge in [-0.25, -0.2) is 0 Å². The number of piperazine rings is 1. The Morgan fingerprint density at radius 2 is 2.04 bits per heavy atom. The van der Waals surface area contributed by atoms with Gasteiger partial charge in [0.2, 0.25) is 5.91 Å². The van der Waals surface area contributed by atoms with Crippen LogP contribution in [-0.4, -0.2) is 36.3 Å². The summed E-state index contributed by atoms with van der Waals surface area (Å²) in [6, 6.07) is 10.0. The molecule has 5 nitrogen and oxygen atoms in total. The van der Waals surface area contributed by atoms with Gasteiger partial charge in [-0.2, -0.15) is 0 Å². The highest BCUT2D eigenvalue weighted by Gasteiger charge is 2.29. The molecule has 1 saturated heterocycles. The average molecular weight is 380 g/mol. The molecule has 0 aliphatic carbocycles. The van der Waals surface area contributed by atoms with Crippen molar-refractivity contribution in [3.8, 4) is 0 Å². The Hall–Kier alpha value is -1.89. The van der Waals surface area contributed by atoms with Gasteiger partial charge < -0.3 is 16.0 Å². The van der Waals surface area contributed by atoms with Gasteiger partial charge in [0.05, 0.1) is 16.5 Å². The quantitative estimate of drug-likeness (QED) is 0.857. The van der Waals surface area contributed by atoms with Gasteiger partial charge in [-0.15, -0.1) is 23.7 Å². The summed E-state index contributed by atoms with van der Waals surface area (Å²) >= 11 is 1.27. The van der Waals surface area contributed by atoms with Gasteiger partial charge in [0.1, 0.15) is 0 Å². The number of carbonyl (C=O) groups is 2. The first kappa shape index (κ1) is 19.4. The lowest BCUT2D eigenvalue weighted by Gasteiger charge is -2.36. The van der Waals surface area contributed by atoms with E-state index in [4.69, 9.17) is 5.73 Å². The average Bonchev–Trinajstić information content (AvgIpc) is 3.12. The molecular weight excluding hydrogens is 358 g/mol. The molecule has 0 radical (unpaired) electrons. The minimum atomic E-state index is -0.502. The molecule has 134 valence electrons. The van der Waals surface area contributed by atoms with Gasteiger partial charge in [-0.1, -0.05) is 31.2 Å². The van der Waals surface area contributed by atoms with E-state index in [1.807, 2.05) is 4.90 Å². The SMILES string of the molecule is CCc1ccc(C2CNCCN2C(=O)c2cc(C(N)=O)cs2)cc1.Cl. The predicted molar refractivity (Wildman–Crippen MR) is 103 cm³/mol. The maximum Gasteiger partial charge on any atom is 0.264 e. The monoisotopic (exact) mass is 379 g/mol. The number of nitrogens with zero attached hydrogens (tertiary/aromatic N) is 1. The standard InChI is InChI=1S/C18H21N3O2S.ClH/c1-2-12-3-5-13(6-4-12)15-10-20-7-8-21(15)18(23)16-9-14(11-24-16)17(19)22;/h3-6,9,11,15,20H,2,7-8,10H2,1H3,(H2,19,22);1H. The van der Waals surface area contributed by atoms with Gasteiger partial charge in [0, 0.05) is 25.0 Å². The maximum atomic E-state index is 12.9. The first-order chi connectivity index (χ1) is 11.6. The van der Waals surface area contributed by atoms with Crippen LogP contribution in [0.1, 0.15) is 44.1 Å². The van der Waals surface area contributed by atoms with E-state index in [1.165, 1.54) is 16.9 Å². The van der Waals surface area contributed by atoms with E-state index in [0.717, 1.165) is 25.1 Å². The number of benzene rings is 1. The number of primary amides is 1. The largest absolute Gasteiger partial charge is 0.366 e. The molecule has 0 bridgehead atoms. The van der Waals surface area contributed by atoms with Crippen LogP contribution in [0.3, 0.4) is 0 Å². The van der Waals surface area contributed by atoms with Crippen LogP contribution < -0.4 is 11.1 Å². The molecule has 25 heavy (non-hydrogen) atoms. The number of amides is 2. The Kier molecular flexibility index (Phi) is 6.58. The molecule has 3 rings (SSSR count). The molecule has 0 saturated carbocycles. The van der Waals surface area contributed by atoms with Gasteiger partial charge in [-0.3, -0.25) is 9.59 Å². The highest BCUT2D eigenvalue weighted by Crippen LogP contribution is 2.26. The summed E-state index contributed by atoms with van der Waals surface area (Å²) in [5.74, 6) is -0.545. The van der Waals surface area contributed by atoms with E-state index in [9.17, 15) is 9.59 Å². The van der Waals surface area contributed by atoms with Gasteiger partial charge in [-0.05, 0) is 23.6 Å². The molecule has 1 unspecified atom stereocenters. The number of nitrogens with one attached hydrogen (secondary N) is 1. The van der Waals surface area contributed by atoms with E-state index in [1.54, 1.807) is 11.4 Å². The van der Waals surface area contributed by atoms with Crippen LogP contribution in [0.2, 0.25) is 0 Å². The van der Waals surface area contributed by atoms with Crippen molar-refractivity contribution in [1.29, 1.82) is 0 Å². The van der Waals surface area contributed by atoms with Crippen LogP contribution in [0, 0.1) is 0 Å². The van der Waals surface area contributed by atoms with Crippen LogP contribution in [0.5, 0.6) is 0 Å². The van der Waals surface area contributed by atoms with Crippen LogP contribution >= 0.6 is 23.7 Å². The van der Waals surface area contributed by atoms with Crippen molar-refractivity contribution in [3.63, 3.8) is 0 Å². The van der Waals surface area contributed by atoms with E-state index in [2.05, 4.69) is 36.5 Å². The van der Waals surface area contributed by atoms with Crippen LogP contribution in [0.4, 0.5) is 0 Å². The lowest BCUT2D eigenvalue weighted by atomic mass is 10.0. The Morgan fingerprint density at radius 3 is 2.64 bits per heavy atom. The van der Waals surface area contributed by atoms with Crippen molar-refractivity contribution < 1.29 is 9.59 Å². The normalized spacial score (nSPS) is 17.0. The second-order valence-electron chi connectivity index (χ2n) is 5.88.